The Bertz CT molecular complexity index is 1370. The number of carbonyl (C=O) groups excluding carboxylic acids is 1. The van der Waals surface area contributed by atoms with Gasteiger partial charge in [-0.2, -0.15) is 14.6 Å². The summed E-state index contributed by atoms with van der Waals surface area (Å²) in [6, 6.07) is 9.91. The van der Waals surface area contributed by atoms with Gasteiger partial charge in [0.2, 0.25) is 15.0 Å². The molecule has 0 saturated heterocycles. The normalized spacial score (nSPS) is 11.9. The van der Waals surface area contributed by atoms with Gasteiger partial charge in [0, 0.05) is 28.6 Å². The maximum Gasteiger partial charge on any atom is 0.268 e. The Labute approximate surface area is 191 Å². The second-order valence-corrected chi connectivity index (χ2v) is 10.2. The molecule has 0 fully saturated rings. The molecule has 1 aromatic carbocycles. The standard InChI is InChI=1S/C22H23N5O3S2/c1-6-32(29,30)22-25-21(31-26-22)24-20(28)18(12-23)11-17-10-14(3)27(16(17)5)19-9-7-8-13(2)15(19)4/h7-11H,6H2,1-5H3,(H,24,25,26,28). The van der Waals surface area contributed by atoms with Crippen LogP contribution in [0.4, 0.5) is 5.13 Å². The summed E-state index contributed by atoms with van der Waals surface area (Å²) < 4.78 is 29.6. The maximum absolute atomic E-state index is 12.6. The number of aryl methyl sites for hydroxylation is 2. The number of nitrogens with zero attached hydrogens (tertiary/aromatic N) is 4. The molecular weight excluding hydrogens is 446 g/mol. The zero-order valence-corrected chi connectivity index (χ0v) is 20.1. The van der Waals surface area contributed by atoms with E-state index in [9.17, 15) is 18.5 Å². The number of sulfone groups is 1. The van der Waals surface area contributed by atoms with Crippen molar-refractivity contribution >= 4 is 38.5 Å². The molecule has 0 spiro atoms. The summed E-state index contributed by atoms with van der Waals surface area (Å²) in [4.78, 5) is 16.5. The van der Waals surface area contributed by atoms with Gasteiger partial charge in [-0.1, -0.05) is 19.1 Å². The molecule has 0 aliphatic heterocycles. The summed E-state index contributed by atoms with van der Waals surface area (Å²) in [5.41, 5.74) is 5.84. The third kappa shape index (κ3) is 4.49. The number of anilines is 1. The summed E-state index contributed by atoms with van der Waals surface area (Å²) in [7, 11) is -3.57. The van der Waals surface area contributed by atoms with E-state index in [0.717, 1.165) is 39.7 Å². The van der Waals surface area contributed by atoms with Crippen molar-refractivity contribution in [3.63, 3.8) is 0 Å². The maximum atomic E-state index is 12.6. The predicted octanol–water partition coefficient (Wildman–Crippen LogP) is 3.90. The molecule has 2 aromatic heterocycles. The van der Waals surface area contributed by atoms with Crippen LogP contribution in [-0.2, 0) is 14.6 Å². The average Bonchev–Trinajstić information content (AvgIpc) is 3.33. The predicted molar refractivity (Wildman–Crippen MR) is 125 cm³/mol. The van der Waals surface area contributed by atoms with E-state index in [-0.39, 0.29) is 21.6 Å². The SMILES string of the molecule is CCS(=O)(=O)c1nsc(NC(=O)C(C#N)=Cc2cc(C)n(-c3cccc(C)c3C)c2C)n1. The first-order valence-electron chi connectivity index (χ1n) is 9.84. The summed E-state index contributed by atoms with van der Waals surface area (Å²) in [6.07, 6.45) is 1.52. The van der Waals surface area contributed by atoms with Crippen molar-refractivity contribution in [2.75, 3.05) is 11.1 Å². The van der Waals surface area contributed by atoms with Gasteiger partial charge in [0.1, 0.15) is 11.6 Å². The van der Waals surface area contributed by atoms with E-state index in [2.05, 4.69) is 39.2 Å². The summed E-state index contributed by atoms with van der Waals surface area (Å²) in [5, 5.41) is 11.7. The number of hydrogen-bond donors (Lipinski definition) is 1. The summed E-state index contributed by atoms with van der Waals surface area (Å²) in [6.45, 7) is 9.49. The molecule has 1 amide bonds. The Morgan fingerprint density at radius 1 is 1.28 bits per heavy atom. The fourth-order valence-electron chi connectivity index (χ4n) is 3.27. The molecule has 166 valence electrons. The lowest BCUT2D eigenvalue weighted by Gasteiger charge is -2.14. The van der Waals surface area contributed by atoms with Gasteiger partial charge >= 0.3 is 0 Å². The van der Waals surface area contributed by atoms with E-state index in [1.807, 2.05) is 38.1 Å². The average molecular weight is 470 g/mol. The number of nitrogens with one attached hydrogen (secondary N) is 1. The second kappa shape index (κ2) is 9.06. The minimum absolute atomic E-state index is 0.0176. The lowest BCUT2D eigenvalue weighted by atomic mass is 10.1. The summed E-state index contributed by atoms with van der Waals surface area (Å²) in [5.74, 6) is -0.822. The molecule has 0 atom stereocenters. The molecule has 2 heterocycles. The number of nitriles is 1. The Morgan fingerprint density at radius 2 is 2.00 bits per heavy atom. The number of benzene rings is 1. The van der Waals surface area contributed by atoms with E-state index in [4.69, 9.17) is 0 Å². The molecule has 10 heteroatoms. The van der Waals surface area contributed by atoms with Crippen molar-refractivity contribution < 1.29 is 13.2 Å². The molecule has 8 nitrogen and oxygen atoms in total. The number of rotatable bonds is 6. The van der Waals surface area contributed by atoms with Crippen LogP contribution in [0, 0.1) is 39.0 Å². The van der Waals surface area contributed by atoms with Gasteiger partial charge in [0.15, 0.2) is 0 Å². The van der Waals surface area contributed by atoms with Crippen LogP contribution < -0.4 is 5.32 Å². The Morgan fingerprint density at radius 3 is 2.66 bits per heavy atom. The first kappa shape index (κ1) is 23.4. The molecule has 0 radical (unpaired) electrons. The van der Waals surface area contributed by atoms with Crippen LogP contribution in [-0.4, -0.2) is 34.0 Å². The molecule has 3 aromatic rings. The molecule has 0 bridgehead atoms. The van der Waals surface area contributed by atoms with Crippen LogP contribution in [0.15, 0.2) is 35.0 Å². The van der Waals surface area contributed by atoms with E-state index < -0.39 is 15.7 Å². The van der Waals surface area contributed by atoms with Gasteiger partial charge in [0.25, 0.3) is 11.1 Å². The minimum atomic E-state index is -3.57. The van der Waals surface area contributed by atoms with Crippen LogP contribution in [0.5, 0.6) is 0 Å². The number of aromatic nitrogens is 3. The lowest BCUT2D eigenvalue weighted by Crippen LogP contribution is -2.14. The van der Waals surface area contributed by atoms with Crippen LogP contribution in [0.1, 0.15) is 35.0 Å². The zero-order valence-electron chi connectivity index (χ0n) is 18.4. The van der Waals surface area contributed by atoms with E-state index in [1.54, 1.807) is 0 Å². The van der Waals surface area contributed by atoms with Gasteiger partial charge < -0.3 is 4.57 Å². The van der Waals surface area contributed by atoms with Crippen molar-refractivity contribution in [2.24, 2.45) is 0 Å². The highest BCUT2D eigenvalue weighted by Gasteiger charge is 2.20. The van der Waals surface area contributed by atoms with Crippen molar-refractivity contribution in [1.29, 1.82) is 5.26 Å². The molecule has 1 N–H and O–H groups in total. The first-order valence-corrected chi connectivity index (χ1v) is 12.3. The van der Waals surface area contributed by atoms with Gasteiger partial charge in [-0.3, -0.25) is 10.1 Å². The highest BCUT2D eigenvalue weighted by molar-refractivity contribution is 7.91. The largest absolute Gasteiger partial charge is 0.318 e. The van der Waals surface area contributed by atoms with E-state index in [0.29, 0.717) is 0 Å². The molecular formula is C22H23N5O3S2. The topological polar surface area (TPSA) is 118 Å². The van der Waals surface area contributed by atoms with Gasteiger partial charge in [-0.05, 0) is 62.6 Å². The van der Waals surface area contributed by atoms with Gasteiger partial charge in [-0.25, -0.2) is 8.42 Å². The van der Waals surface area contributed by atoms with Gasteiger partial charge in [0.05, 0.1) is 5.75 Å². The minimum Gasteiger partial charge on any atom is -0.318 e. The van der Waals surface area contributed by atoms with E-state index in [1.165, 1.54) is 18.6 Å². The number of hydrogen-bond acceptors (Lipinski definition) is 7. The molecule has 0 aliphatic carbocycles. The van der Waals surface area contributed by atoms with Crippen molar-refractivity contribution in [1.82, 2.24) is 13.9 Å². The Balaban J connectivity index is 1.93. The first-order chi connectivity index (χ1) is 15.1. The van der Waals surface area contributed by atoms with Crippen molar-refractivity contribution in [3.05, 3.63) is 57.9 Å². The van der Waals surface area contributed by atoms with Crippen LogP contribution >= 0.6 is 11.5 Å². The highest BCUT2D eigenvalue weighted by Crippen LogP contribution is 2.26. The van der Waals surface area contributed by atoms with Gasteiger partial charge in [-0.15, -0.1) is 0 Å². The monoisotopic (exact) mass is 469 g/mol. The third-order valence-electron chi connectivity index (χ3n) is 5.24. The zero-order chi connectivity index (χ0) is 23.6. The lowest BCUT2D eigenvalue weighted by molar-refractivity contribution is -0.112. The molecule has 32 heavy (non-hydrogen) atoms. The smallest absolute Gasteiger partial charge is 0.268 e. The quantitative estimate of drug-likeness (QED) is 0.432. The molecule has 0 saturated carbocycles. The number of carbonyl (C=O) groups is 1. The second-order valence-electron chi connectivity index (χ2n) is 7.29. The van der Waals surface area contributed by atoms with Crippen LogP contribution in [0.25, 0.3) is 11.8 Å². The fourth-order valence-corrected chi connectivity index (χ4v) is 4.85. The highest BCUT2D eigenvalue weighted by atomic mass is 32.2. The van der Waals surface area contributed by atoms with Crippen LogP contribution in [0.2, 0.25) is 0 Å². The fraction of sp³-hybridized carbons (Fsp3) is 0.273. The Hall–Kier alpha value is -3.29. The van der Waals surface area contributed by atoms with Crippen LogP contribution in [0.3, 0.4) is 0 Å². The van der Waals surface area contributed by atoms with Crippen molar-refractivity contribution in [3.8, 4) is 11.8 Å². The molecule has 0 aliphatic rings. The molecule has 3 rings (SSSR count). The summed E-state index contributed by atoms with van der Waals surface area (Å²) >= 11 is 0.751. The Kier molecular flexibility index (Phi) is 6.62. The van der Waals surface area contributed by atoms with E-state index >= 15 is 0 Å². The molecule has 0 unspecified atom stereocenters. The third-order valence-corrected chi connectivity index (χ3v) is 7.48. The van der Waals surface area contributed by atoms with Crippen molar-refractivity contribution in [2.45, 2.75) is 39.8 Å². The number of amides is 1.